The minimum atomic E-state index is -4.02. The molecule has 33 heavy (non-hydrogen) atoms. The molecule has 178 valence electrons. The minimum Gasteiger partial charge on any atom is -0.393 e. The summed E-state index contributed by atoms with van der Waals surface area (Å²) in [4.78, 5) is 25.9. The van der Waals surface area contributed by atoms with Crippen LogP contribution in [0, 0.1) is 29.9 Å². The second kappa shape index (κ2) is 9.88. The van der Waals surface area contributed by atoms with E-state index >= 15 is 0 Å². The lowest BCUT2D eigenvalue weighted by molar-refractivity contribution is -0.384. The van der Waals surface area contributed by atoms with E-state index in [1.165, 1.54) is 12.1 Å². The van der Waals surface area contributed by atoms with Crippen LogP contribution in [0.3, 0.4) is 0 Å². The van der Waals surface area contributed by atoms with Gasteiger partial charge in [0.1, 0.15) is 11.7 Å². The molecular weight excluding hydrogens is 444 g/mol. The van der Waals surface area contributed by atoms with E-state index < -0.39 is 21.0 Å². The molecule has 0 spiro atoms. The molecule has 1 atom stereocenters. The number of piperidine rings is 1. The quantitative estimate of drug-likeness (QED) is 0.360. The Morgan fingerprint density at radius 2 is 1.88 bits per heavy atom. The third-order valence-electron chi connectivity index (χ3n) is 6.06. The molecule has 1 amide bonds. The van der Waals surface area contributed by atoms with Crippen LogP contribution in [0.1, 0.15) is 36.5 Å². The summed E-state index contributed by atoms with van der Waals surface area (Å²) in [5.74, 6) is 0.161. The summed E-state index contributed by atoms with van der Waals surface area (Å²) in [6, 6.07) is 8.27. The van der Waals surface area contributed by atoms with E-state index in [1.807, 2.05) is 6.07 Å². The monoisotopic (exact) mass is 474 g/mol. The predicted molar refractivity (Wildman–Crippen MR) is 126 cm³/mol. The Morgan fingerprint density at radius 3 is 2.52 bits per heavy atom. The van der Waals surface area contributed by atoms with Crippen LogP contribution in [0.5, 0.6) is 0 Å². The van der Waals surface area contributed by atoms with Gasteiger partial charge in [-0.05, 0) is 67.9 Å². The fourth-order valence-corrected chi connectivity index (χ4v) is 5.51. The van der Waals surface area contributed by atoms with Crippen LogP contribution in [-0.2, 0) is 21.2 Å². The van der Waals surface area contributed by atoms with Gasteiger partial charge >= 0.3 is 0 Å². The number of nitrogen functional groups attached to an aromatic ring is 1. The average Bonchev–Trinajstić information content (AvgIpc) is 2.76. The molecule has 9 nitrogen and oxygen atoms in total. The largest absolute Gasteiger partial charge is 0.393 e. The number of amides is 1. The first-order valence-corrected chi connectivity index (χ1v) is 12.4. The number of nitro groups is 1. The number of carbonyl (C=O) groups excluding carboxylic acids is 1. The Kier molecular flexibility index (Phi) is 7.38. The van der Waals surface area contributed by atoms with Crippen molar-refractivity contribution in [3.05, 3.63) is 63.2 Å². The normalized spacial score (nSPS) is 15.9. The average molecular weight is 475 g/mol. The van der Waals surface area contributed by atoms with Gasteiger partial charge in [-0.15, -0.1) is 0 Å². The molecule has 0 bridgehead atoms. The maximum Gasteiger partial charge on any atom is 0.292 e. The highest BCUT2D eigenvalue weighted by Gasteiger charge is 2.32. The summed E-state index contributed by atoms with van der Waals surface area (Å²) in [7, 11) is -4.02. The molecule has 0 aliphatic carbocycles. The third kappa shape index (κ3) is 5.88. The van der Waals surface area contributed by atoms with E-state index in [9.17, 15) is 23.3 Å². The zero-order valence-corrected chi connectivity index (χ0v) is 19.9. The molecule has 1 fully saturated rings. The van der Waals surface area contributed by atoms with E-state index in [1.54, 1.807) is 36.9 Å². The van der Waals surface area contributed by atoms with Gasteiger partial charge in [-0.3, -0.25) is 14.9 Å². The maximum atomic E-state index is 13.4. The van der Waals surface area contributed by atoms with Crippen LogP contribution in [-0.4, -0.2) is 43.3 Å². The molecule has 10 heteroatoms. The molecule has 1 aliphatic rings. The SMILES string of the molecule is Cc1ccc(C)c(S(=O)(=O)NC(Cc2ccc(N)c([N+](=O)[O-])c2)C(=O)N2CCC(C)CC2)c1. The lowest BCUT2D eigenvalue weighted by atomic mass is 9.97. The summed E-state index contributed by atoms with van der Waals surface area (Å²) >= 11 is 0. The Morgan fingerprint density at radius 1 is 1.21 bits per heavy atom. The molecule has 0 radical (unpaired) electrons. The van der Waals surface area contributed by atoms with Gasteiger partial charge in [-0.25, -0.2) is 8.42 Å². The van der Waals surface area contributed by atoms with E-state index in [4.69, 9.17) is 5.73 Å². The van der Waals surface area contributed by atoms with Crippen LogP contribution >= 0.6 is 0 Å². The van der Waals surface area contributed by atoms with Gasteiger partial charge in [-0.1, -0.05) is 25.1 Å². The highest BCUT2D eigenvalue weighted by Crippen LogP contribution is 2.25. The number of aryl methyl sites for hydroxylation is 2. The number of nitrogens with one attached hydrogen (secondary N) is 1. The van der Waals surface area contributed by atoms with Crippen molar-refractivity contribution >= 4 is 27.3 Å². The molecule has 3 rings (SSSR count). The lowest BCUT2D eigenvalue weighted by Gasteiger charge is -2.33. The number of benzene rings is 2. The Labute approximate surface area is 194 Å². The smallest absolute Gasteiger partial charge is 0.292 e. The number of hydrogen-bond donors (Lipinski definition) is 2. The number of sulfonamides is 1. The van der Waals surface area contributed by atoms with Gasteiger partial charge in [0.05, 0.1) is 9.82 Å². The first-order valence-electron chi connectivity index (χ1n) is 10.9. The Hall–Kier alpha value is -2.98. The number of carbonyl (C=O) groups is 1. The topological polar surface area (TPSA) is 136 Å². The van der Waals surface area contributed by atoms with Crippen molar-refractivity contribution in [1.82, 2.24) is 9.62 Å². The van der Waals surface area contributed by atoms with E-state index in [0.717, 1.165) is 18.4 Å². The van der Waals surface area contributed by atoms with Gasteiger partial charge in [0.15, 0.2) is 0 Å². The van der Waals surface area contributed by atoms with E-state index in [-0.39, 0.29) is 28.6 Å². The number of likely N-dealkylation sites (tertiary alicyclic amines) is 1. The Bertz CT molecular complexity index is 1160. The fourth-order valence-electron chi connectivity index (χ4n) is 3.99. The lowest BCUT2D eigenvalue weighted by Crippen LogP contribution is -2.51. The molecular formula is C23H30N4O5S. The molecule has 1 saturated heterocycles. The predicted octanol–water partition coefficient (Wildman–Crippen LogP) is 2.94. The number of nitrogens with two attached hydrogens (primary N) is 1. The van der Waals surface area contributed by atoms with Gasteiger partial charge in [0, 0.05) is 19.2 Å². The van der Waals surface area contributed by atoms with E-state index in [0.29, 0.717) is 30.1 Å². The number of anilines is 1. The minimum absolute atomic E-state index is 0.00705. The summed E-state index contributed by atoms with van der Waals surface area (Å²) in [6.45, 7) is 6.70. The Balaban J connectivity index is 1.95. The summed E-state index contributed by atoms with van der Waals surface area (Å²) in [5.41, 5.74) is 7.22. The molecule has 1 heterocycles. The molecule has 2 aromatic carbocycles. The second-order valence-corrected chi connectivity index (χ2v) is 10.5. The van der Waals surface area contributed by atoms with Gasteiger partial charge < -0.3 is 10.6 Å². The number of nitro benzene ring substituents is 1. The van der Waals surface area contributed by atoms with E-state index in [2.05, 4.69) is 11.6 Å². The van der Waals surface area contributed by atoms with Crippen LogP contribution in [0.2, 0.25) is 0 Å². The number of hydrogen-bond acceptors (Lipinski definition) is 6. The van der Waals surface area contributed by atoms with Crippen LogP contribution < -0.4 is 10.5 Å². The summed E-state index contributed by atoms with van der Waals surface area (Å²) in [6.07, 6.45) is 1.65. The highest BCUT2D eigenvalue weighted by molar-refractivity contribution is 7.89. The second-order valence-electron chi connectivity index (χ2n) is 8.81. The van der Waals surface area contributed by atoms with Gasteiger partial charge in [0.2, 0.25) is 15.9 Å². The standard InChI is InChI=1S/C23H30N4O5S/c1-15-8-10-26(11-9-15)23(28)20(13-18-6-7-19(24)21(14-18)27(29)30)25-33(31,32)22-12-16(2)4-5-17(22)3/h4-7,12,14-15,20,25H,8-11,13,24H2,1-3H3. The summed E-state index contributed by atoms with van der Waals surface area (Å²) in [5, 5.41) is 11.3. The molecule has 3 N–H and O–H groups in total. The van der Waals surface area contributed by atoms with Crippen molar-refractivity contribution in [2.45, 2.75) is 51.0 Å². The zero-order valence-electron chi connectivity index (χ0n) is 19.1. The molecule has 2 aromatic rings. The summed E-state index contributed by atoms with van der Waals surface area (Å²) < 4.78 is 29.1. The van der Waals surface area contributed by atoms with Crippen LogP contribution in [0.4, 0.5) is 11.4 Å². The highest BCUT2D eigenvalue weighted by atomic mass is 32.2. The van der Waals surface area contributed by atoms with Crippen molar-refractivity contribution < 1.29 is 18.1 Å². The van der Waals surface area contributed by atoms with Gasteiger partial charge in [-0.2, -0.15) is 4.72 Å². The first kappa shape index (κ1) is 24.7. The number of rotatable bonds is 7. The maximum absolute atomic E-state index is 13.4. The van der Waals surface area contributed by atoms with Crippen molar-refractivity contribution in [2.75, 3.05) is 18.8 Å². The first-order chi connectivity index (χ1) is 15.5. The van der Waals surface area contributed by atoms with Crippen molar-refractivity contribution in [3.63, 3.8) is 0 Å². The van der Waals surface area contributed by atoms with Crippen molar-refractivity contribution in [2.24, 2.45) is 5.92 Å². The third-order valence-corrected chi connectivity index (χ3v) is 7.67. The molecule has 0 saturated carbocycles. The fraction of sp³-hybridized carbons (Fsp3) is 0.435. The number of nitrogens with zero attached hydrogens (tertiary/aromatic N) is 2. The van der Waals surface area contributed by atoms with Crippen molar-refractivity contribution in [1.29, 1.82) is 0 Å². The zero-order chi connectivity index (χ0) is 24.3. The van der Waals surface area contributed by atoms with Crippen LogP contribution in [0.25, 0.3) is 0 Å². The molecule has 0 aromatic heterocycles. The molecule has 1 unspecified atom stereocenters. The van der Waals surface area contributed by atoms with Crippen molar-refractivity contribution in [3.8, 4) is 0 Å². The molecule has 1 aliphatic heterocycles. The van der Waals surface area contributed by atoms with Crippen LogP contribution in [0.15, 0.2) is 41.3 Å². The van der Waals surface area contributed by atoms with Gasteiger partial charge in [0.25, 0.3) is 5.69 Å².